The van der Waals surface area contributed by atoms with Crippen molar-refractivity contribution in [3.8, 4) is 0 Å². The SMILES string of the molecule is O.O=C(O)C(O)C(O)C(=O)O.[Na]. The molecule has 2 unspecified atom stereocenters. The Kier molecular flexibility index (Phi) is 11.1. The van der Waals surface area contributed by atoms with E-state index in [-0.39, 0.29) is 35.0 Å². The van der Waals surface area contributed by atoms with Gasteiger partial charge in [0.25, 0.3) is 0 Å². The van der Waals surface area contributed by atoms with Gasteiger partial charge in [0.15, 0.2) is 12.2 Å². The van der Waals surface area contributed by atoms with Crippen molar-refractivity contribution in [2.75, 3.05) is 0 Å². The number of rotatable bonds is 3. The van der Waals surface area contributed by atoms with E-state index in [0.29, 0.717) is 0 Å². The monoisotopic (exact) mass is 191 g/mol. The summed E-state index contributed by atoms with van der Waals surface area (Å²) in [6.07, 6.45) is -4.53. The summed E-state index contributed by atoms with van der Waals surface area (Å²) in [5.41, 5.74) is 0. The van der Waals surface area contributed by atoms with E-state index in [4.69, 9.17) is 20.4 Å². The number of carboxylic acids is 2. The molecular weight excluding hydrogens is 183 g/mol. The van der Waals surface area contributed by atoms with Crippen LogP contribution in [0.4, 0.5) is 0 Å². The van der Waals surface area contributed by atoms with Crippen molar-refractivity contribution in [2.24, 2.45) is 0 Å². The second-order valence-electron chi connectivity index (χ2n) is 1.57. The molecule has 8 heteroatoms. The van der Waals surface area contributed by atoms with E-state index in [1.807, 2.05) is 0 Å². The molecule has 0 rings (SSSR count). The average molecular weight is 191 g/mol. The molecule has 0 amide bonds. The average Bonchev–Trinajstić information content (AvgIpc) is 1.84. The fourth-order valence-corrected chi connectivity index (χ4v) is 0.270. The van der Waals surface area contributed by atoms with Gasteiger partial charge in [-0.15, -0.1) is 0 Å². The molecular formula is C4H8NaO7. The molecule has 0 aliphatic heterocycles. The van der Waals surface area contributed by atoms with Crippen LogP contribution in [0, 0.1) is 0 Å². The van der Waals surface area contributed by atoms with Crippen LogP contribution >= 0.6 is 0 Å². The predicted molar refractivity (Wildman–Crippen MR) is 36.7 cm³/mol. The normalized spacial score (nSPS) is 13.2. The van der Waals surface area contributed by atoms with Gasteiger partial charge in [0.05, 0.1) is 0 Å². The maximum atomic E-state index is 9.77. The van der Waals surface area contributed by atoms with Gasteiger partial charge in [0, 0.05) is 29.6 Å². The quantitative estimate of drug-likeness (QED) is 0.343. The first kappa shape index (κ1) is 17.8. The van der Waals surface area contributed by atoms with Gasteiger partial charge in [0.2, 0.25) is 0 Å². The predicted octanol–water partition coefficient (Wildman–Crippen LogP) is -3.33. The van der Waals surface area contributed by atoms with Crippen molar-refractivity contribution in [3.63, 3.8) is 0 Å². The summed E-state index contributed by atoms with van der Waals surface area (Å²) in [6, 6.07) is 0. The minimum Gasteiger partial charge on any atom is -0.479 e. The first-order chi connectivity index (χ1) is 4.46. The van der Waals surface area contributed by atoms with Crippen LogP contribution in [-0.4, -0.2) is 79.6 Å². The van der Waals surface area contributed by atoms with Crippen molar-refractivity contribution >= 4 is 41.5 Å². The number of aliphatic hydroxyl groups is 2. The van der Waals surface area contributed by atoms with Crippen LogP contribution in [-0.2, 0) is 9.59 Å². The number of carbonyl (C=O) groups is 2. The Bertz CT molecular complexity index is 139. The summed E-state index contributed by atoms with van der Waals surface area (Å²) in [5, 5.41) is 32.5. The van der Waals surface area contributed by atoms with Gasteiger partial charge in [-0.25, -0.2) is 9.59 Å². The Morgan fingerprint density at radius 1 is 0.917 bits per heavy atom. The largest absolute Gasteiger partial charge is 0.479 e. The van der Waals surface area contributed by atoms with Gasteiger partial charge < -0.3 is 25.9 Å². The van der Waals surface area contributed by atoms with Crippen LogP contribution < -0.4 is 0 Å². The van der Waals surface area contributed by atoms with Crippen LogP contribution in [0.5, 0.6) is 0 Å². The van der Waals surface area contributed by atoms with Crippen molar-refractivity contribution in [1.29, 1.82) is 0 Å². The summed E-state index contributed by atoms with van der Waals surface area (Å²) >= 11 is 0. The van der Waals surface area contributed by atoms with Gasteiger partial charge in [-0.2, -0.15) is 0 Å². The zero-order valence-electron chi connectivity index (χ0n) is 6.26. The zero-order valence-corrected chi connectivity index (χ0v) is 8.26. The molecule has 7 nitrogen and oxygen atoms in total. The molecule has 0 bridgehead atoms. The molecule has 0 saturated heterocycles. The fraction of sp³-hybridized carbons (Fsp3) is 0.500. The third kappa shape index (κ3) is 5.47. The Balaban J connectivity index is -0.000000405. The molecule has 0 aromatic carbocycles. The van der Waals surface area contributed by atoms with Crippen LogP contribution in [0.2, 0.25) is 0 Å². The Morgan fingerprint density at radius 3 is 1.17 bits per heavy atom. The number of aliphatic hydroxyl groups excluding tert-OH is 2. The smallest absolute Gasteiger partial charge is 0.335 e. The molecule has 0 fully saturated rings. The molecule has 0 spiro atoms. The number of hydrogen-bond donors (Lipinski definition) is 4. The third-order valence-electron chi connectivity index (χ3n) is 0.805. The van der Waals surface area contributed by atoms with E-state index in [1.165, 1.54) is 0 Å². The zero-order chi connectivity index (χ0) is 8.31. The molecule has 0 aliphatic rings. The maximum absolute atomic E-state index is 9.77. The van der Waals surface area contributed by atoms with Gasteiger partial charge in [-0.05, 0) is 0 Å². The minimum atomic E-state index is -2.27. The minimum absolute atomic E-state index is 0. The van der Waals surface area contributed by atoms with Crippen molar-refractivity contribution in [2.45, 2.75) is 12.2 Å². The molecule has 0 aromatic rings. The van der Waals surface area contributed by atoms with Gasteiger partial charge in [-0.3, -0.25) is 0 Å². The fourth-order valence-electron chi connectivity index (χ4n) is 0.270. The molecule has 12 heavy (non-hydrogen) atoms. The molecule has 0 heterocycles. The van der Waals surface area contributed by atoms with Crippen LogP contribution in [0.1, 0.15) is 0 Å². The van der Waals surface area contributed by atoms with Crippen LogP contribution in [0.3, 0.4) is 0 Å². The summed E-state index contributed by atoms with van der Waals surface area (Å²) in [6.45, 7) is 0. The van der Waals surface area contributed by atoms with Gasteiger partial charge in [-0.1, -0.05) is 0 Å². The molecule has 6 N–H and O–H groups in total. The maximum Gasteiger partial charge on any atom is 0.335 e. The van der Waals surface area contributed by atoms with E-state index >= 15 is 0 Å². The van der Waals surface area contributed by atoms with E-state index in [1.54, 1.807) is 0 Å². The first-order valence-corrected chi connectivity index (χ1v) is 2.28. The number of carboxylic acid groups (broad SMARTS) is 2. The summed E-state index contributed by atoms with van der Waals surface area (Å²) < 4.78 is 0. The van der Waals surface area contributed by atoms with Gasteiger partial charge in [0.1, 0.15) is 0 Å². The van der Waals surface area contributed by atoms with Crippen molar-refractivity contribution in [1.82, 2.24) is 0 Å². The topological polar surface area (TPSA) is 147 Å². The summed E-state index contributed by atoms with van der Waals surface area (Å²) in [5.74, 6) is -3.54. The van der Waals surface area contributed by atoms with Crippen molar-refractivity contribution in [3.05, 3.63) is 0 Å². The summed E-state index contributed by atoms with van der Waals surface area (Å²) in [7, 11) is 0. The Hall–Kier alpha value is -0.180. The Labute approximate surface area is 89.2 Å². The molecule has 0 saturated carbocycles. The second kappa shape index (κ2) is 7.47. The number of aliphatic carboxylic acids is 2. The molecule has 67 valence electrons. The van der Waals surface area contributed by atoms with Crippen molar-refractivity contribution < 1.29 is 35.5 Å². The molecule has 0 aromatic heterocycles. The van der Waals surface area contributed by atoms with E-state index in [9.17, 15) is 9.59 Å². The van der Waals surface area contributed by atoms with E-state index < -0.39 is 24.1 Å². The van der Waals surface area contributed by atoms with E-state index in [0.717, 1.165) is 0 Å². The Morgan fingerprint density at radius 2 is 1.08 bits per heavy atom. The first-order valence-electron chi connectivity index (χ1n) is 2.28. The van der Waals surface area contributed by atoms with Crippen LogP contribution in [0.25, 0.3) is 0 Å². The molecule has 1 radical (unpaired) electrons. The second-order valence-corrected chi connectivity index (χ2v) is 1.57. The molecule has 2 atom stereocenters. The van der Waals surface area contributed by atoms with E-state index in [2.05, 4.69) is 0 Å². The third-order valence-corrected chi connectivity index (χ3v) is 0.805. The molecule has 0 aliphatic carbocycles. The summed E-state index contributed by atoms with van der Waals surface area (Å²) in [4.78, 5) is 19.5. The number of hydrogen-bond acceptors (Lipinski definition) is 4. The standard InChI is InChI=1S/C4H6O6.Na.H2O/c5-1(3(7)8)2(6)4(9)10;;/h1-2,5-6H,(H,7,8)(H,9,10);;1H2. The van der Waals surface area contributed by atoms with Gasteiger partial charge >= 0.3 is 11.9 Å². The van der Waals surface area contributed by atoms with Crippen LogP contribution in [0.15, 0.2) is 0 Å².